The molecule has 0 spiro atoms. The van der Waals surface area contributed by atoms with Gasteiger partial charge in [-0.15, -0.1) is 0 Å². The molecule has 1 nitrogen and oxygen atoms in total. The summed E-state index contributed by atoms with van der Waals surface area (Å²) in [6, 6.07) is 0. The third-order valence-corrected chi connectivity index (χ3v) is 7.09. The van der Waals surface area contributed by atoms with Crippen molar-refractivity contribution in [2.24, 2.45) is 0 Å². The average Bonchev–Trinajstić information content (AvgIpc) is 1.85. The van der Waals surface area contributed by atoms with E-state index in [0.717, 1.165) is 13.0 Å². The van der Waals surface area contributed by atoms with Crippen LogP contribution in [0.15, 0.2) is 6.58 Å². The molecule has 0 aliphatic rings. The fraction of sp³-hybridized carbons (Fsp3) is 0.800. The molecule has 0 amide bonds. The highest BCUT2D eigenvalue weighted by atomic mass is 28.4. The predicted molar refractivity (Wildman–Crippen MR) is 56.6 cm³/mol. The first-order chi connectivity index (χ1) is 5.31. The SMILES string of the molecule is C=[C]CCO[Si](C)(C)C(C)(C)C. The number of hydrogen-bond acceptors (Lipinski definition) is 1. The topological polar surface area (TPSA) is 9.23 Å². The summed E-state index contributed by atoms with van der Waals surface area (Å²) in [5, 5.41) is 0.314. The van der Waals surface area contributed by atoms with E-state index in [1.54, 1.807) is 0 Å². The maximum Gasteiger partial charge on any atom is 0.191 e. The van der Waals surface area contributed by atoms with Gasteiger partial charge >= 0.3 is 0 Å². The van der Waals surface area contributed by atoms with Crippen molar-refractivity contribution in [1.29, 1.82) is 0 Å². The largest absolute Gasteiger partial charge is 0.416 e. The van der Waals surface area contributed by atoms with E-state index in [2.05, 4.69) is 46.5 Å². The van der Waals surface area contributed by atoms with Gasteiger partial charge in [0, 0.05) is 6.61 Å². The van der Waals surface area contributed by atoms with E-state index >= 15 is 0 Å². The zero-order valence-electron chi connectivity index (χ0n) is 9.03. The van der Waals surface area contributed by atoms with Crippen molar-refractivity contribution in [3.05, 3.63) is 12.7 Å². The Balaban J connectivity index is 3.95. The van der Waals surface area contributed by atoms with E-state index in [1.807, 2.05) is 0 Å². The minimum atomic E-state index is -1.51. The molecule has 0 rings (SSSR count). The summed E-state index contributed by atoms with van der Waals surface area (Å²) >= 11 is 0. The first-order valence-corrected chi connectivity index (χ1v) is 7.36. The van der Waals surface area contributed by atoms with E-state index < -0.39 is 8.32 Å². The molecule has 12 heavy (non-hydrogen) atoms. The van der Waals surface area contributed by atoms with Gasteiger partial charge < -0.3 is 4.43 Å². The van der Waals surface area contributed by atoms with E-state index in [1.165, 1.54) is 0 Å². The van der Waals surface area contributed by atoms with Crippen molar-refractivity contribution in [2.75, 3.05) is 6.61 Å². The molecule has 71 valence electrons. The summed E-state index contributed by atoms with van der Waals surface area (Å²) in [7, 11) is -1.51. The highest BCUT2D eigenvalue weighted by molar-refractivity contribution is 6.74. The Labute approximate surface area is 78.0 Å². The van der Waals surface area contributed by atoms with Crippen LogP contribution >= 0.6 is 0 Å². The Bertz CT molecular complexity index is 144. The zero-order chi connectivity index (χ0) is 9.83. The van der Waals surface area contributed by atoms with Gasteiger partial charge in [-0.2, -0.15) is 0 Å². The van der Waals surface area contributed by atoms with Gasteiger partial charge in [-0.05, 0) is 24.6 Å². The lowest BCUT2D eigenvalue weighted by Gasteiger charge is -2.36. The highest BCUT2D eigenvalue weighted by Gasteiger charge is 2.36. The summed E-state index contributed by atoms with van der Waals surface area (Å²) in [6.07, 6.45) is 3.68. The normalized spacial score (nSPS) is 13.1. The van der Waals surface area contributed by atoms with E-state index in [-0.39, 0.29) is 0 Å². The summed E-state index contributed by atoms with van der Waals surface area (Å²) in [5.41, 5.74) is 0. The quantitative estimate of drug-likeness (QED) is 0.482. The Hall–Kier alpha value is -0.0831. The lowest BCUT2D eigenvalue weighted by Crippen LogP contribution is -2.40. The van der Waals surface area contributed by atoms with Gasteiger partial charge in [0.05, 0.1) is 0 Å². The van der Waals surface area contributed by atoms with E-state index in [0.29, 0.717) is 5.04 Å². The molecule has 0 N–H and O–H groups in total. The van der Waals surface area contributed by atoms with Crippen molar-refractivity contribution in [3.63, 3.8) is 0 Å². The van der Waals surface area contributed by atoms with Gasteiger partial charge in [0.15, 0.2) is 8.32 Å². The molecular formula is C10H21OSi. The highest BCUT2D eigenvalue weighted by Crippen LogP contribution is 2.36. The van der Waals surface area contributed by atoms with Crippen LogP contribution in [0, 0.1) is 6.08 Å². The molecule has 0 aliphatic heterocycles. The molecule has 0 aromatic carbocycles. The third-order valence-electron chi connectivity index (χ3n) is 2.55. The van der Waals surface area contributed by atoms with Crippen LogP contribution in [0.5, 0.6) is 0 Å². The molecule has 0 atom stereocenters. The summed E-state index contributed by atoms with van der Waals surface area (Å²) in [4.78, 5) is 0. The van der Waals surface area contributed by atoms with Gasteiger partial charge in [0.2, 0.25) is 0 Å². The van der Waals surface area contributed by atoms with Gasteiger partial charge in [0.25, 0.3) is 0 Å². The van der Waals surface area contributed by atoms with Crippen molar-refractivity contribution in [3.8, 4) is 0 Å². The molecule has 0 aromatic rings. The molecule has 0 saturated carbocycles. The second kappa shape index (κ2) is 4.24. The molecule has 0 heterocycles. The summed E-state index contributed by atoms with van der Waals surface area (Å²) < 4.78 is 5.87. The zero-order valence-corrected chi connectivity index (χ0v) is 10.0. The van der Waals surface area contributed by atoms with Gasteiger partial charge in [-0.3, -0.25) is 0 Å². The summed E-state index contributed by atoms with van der Waals surface area (Å²) in [6.45, 7) is 15.6. The fourth-order valence-electron chi connectivity index (χ4n) is 0.595. The molecule has 0 aliphatic carbocycles. The Morgan fingerprint density at radius 2 is 1.83 bits per heavy atom. The molecule has 0 bridgehead atoms. The van der Waals surface area contributed by atoms with E-state index in [4.69, 9.17) is 4.43 Å². The van der Waals surface area contributed by atoms with E-state index in [9.17, 15) is 0 Å². The van der Waals surface area contributed by atoms with Crippen LogP contribution in [-0.4, -0.2) is 14.9 Å². The van der Waals surface area contributed by atoms with Crippen LogP contribution in [0.4, 0.5) is 0 Å². The van der Waals surface area contributed by atoms with Crippen LogP contribution in [0.25, 0.3) is 0 Å². The van der Waals surface area contributed by atoms with Gasteiger partial charge in [0.1, 0.15) is 0 Å². The summed E-state index contributed by atoms with van der Waals surface area (Å²) in [5.74, 6) is 0. The number of rotatable bonds is 4. The molecule has 1 radical (unpaired) electrons. The van der Waals surface area contributed by atoms with Gasteiger partial charge in [-0.1, -0.05) is 33.4 Å². The van der Waals surface area contributed by atoms with Crippen LogP contribution in [-0.2, 0) is 4.43 Å². The molecule has 0 fully saturated rings. The van der Waals surface area contributed by atoms with Crippen molar-refractivity contribution < 1.29 is 4.43 Å². The van der Waals surface area contributed by atoms with Crippen LogP contribution < -0.4 is 0 Å². The smallest absolute Gasteiger partial charge is 0.191 e. The Morgan fingerprint density at radius 1 is 1.33 bits per heavy atom. The minimum Gasteiger partial charge on any atom is -0.416 e. The van der Waals surface area contributed by atoms with Gasteiger partial charge in [-0.25, -0.2) is 0 Å². The minimum absolute atomic E-state index is 0.314. The second-order valence-corrected chi connectivity index (χ2v) is 9.42. The van der Waals surface area contributed by atoms with Crippen LogP contribution in [0.2, 0.25) is 18.1 Å². The third kappa shape index (κ3) is 3.54. The maximum atomic E-state index is 5.87. The molecule has 0 unspecified atom stereocenters. The molecule has 0 saturated heterocycles. The Kier molecular flexibility index (Phi) is 4.21. The fourth-order valence-corrected chi connectivity index (χ4v) is 1.64. The van der Waals surface area contributed by atoms with Crippen molar-refractivity contribution >= 4 is 8.32 Å². The predicted octanol–water partition coefficient (Wildman–Crippen LogP) is 3.39. The molecule has 2 heteroatoms. The lowest BCUT2D eigenvalue weighted by molar-refractivity contribution is 0.293. The van der Waals surface area contributed by atoms with Crippen LogP contribution in [0.3, 0.4) is 0 Å². The maximum absolute atomic E-state index is 5.87. The standard InChI is InChI=1S/C10H21OSi/c1-7-8-9-11-12(5,6)10(2,3)4/h1,8-9H2,2-6H3. The molecular weight excluding hydrogens is 164 g/mol. The molecule has 0 aromatic heterocycles. The van der Waals surface area contributed by atoms with Crippen LogP contribution in [0.1, 0.15) is 27.2 Å². The monoisotopic (exact) mass is 185 g/mol. The average molecular weight is 185 g/mol. The second-order valence-electron chi connectivity index (χ2n) is 4.61. The van der Waals surface area contributed by atoms with Crippen molar-refractivity contribution in [2.45, 2.75) is 45.3 Å². The van der Waals surface area contributed by atoms with Crippen molar-refractivity contribution in [1.82, 2.24) is 0 Å². The first-order valence-electron chi connectivity index (χ1n) is 4.45. The first kappa shape index (κ1) is 11.9. The number of hydrogen-bond donors (Lipinski definition) is 0. The Morgan fingerprint density at radius 3 is 2.17 bits per heavy atom. The lowest BCUT2D eigenvalue weighted by atomic mass is 10.2.